The fourth-order valence-corrected chi connectivity index (χ4v) is 1.65. The van der Waals surface area contributed by atoms with Crippen LogP contribution in [0.1, 0.15) is 21.9 Å². The lowest BCUT2D eigenvalue weighted by molar-refractivity contribution is 0.0777. The van der Waals surface area contributed by atoms with Crippen LogP contribution in [0.25, 0.3) is 0 Å². The molecular weight excluding hydrogens is 242 g/mol. The maximum atomic E-state index is 12.1. The molecule has 2 aromatic rings. The third-order valence-electron chi connectivity index (χ3n) is 2.58. The van der Waals surface area contributed by atoms with E-state index in [0.717, 1.165) is 11.4 Å². The van der Waals surface area contributed by atoms with Crippen molar-refractivity contribution in [2.75, 3.05) is 12.8 Å². The van der Waals surface area contributed by atoms with Gasteiger partial charge in [0, 0.05) is 12.7 Å². The molecule has 2 aromatic heterocycles. The van der Waals surface area contributed by atoms with Gasteiger partial charge in [0.05, 0.1) is 24.6 Å². The van der Waals surface area contributed by atoms with Gasteiger partial charge in [0.25, 0.3) is 5.91 Å². The summed E-state index contributed by atoms with van der Waals surface area (Å²) in [6.07, 6.45) is 2.74. The lowest BCUT2D eigenvalue weighted by Crippen LogP contribution is -2.27. The van der Waals surface area contributed by atoms with Crippen LogP contribution in [-0.4, -0.2) is 32.8 Å². The number of carbonyl (C=O) groups is 1. The van der Waals surface area contributed by atoms with Gasteiger partial charge in [-0.05, 0) is 19.1 Å². The van der Waals surface area contributed by atoms with Gasteiger partial charge in [-0.15, -0.1) is 0 Å². The van der Waals surface area contributed by atoms with E-state index in [2.05, 4.69) is 15.0 Å². The molecule has 0 aliphatic rings. The molecule has 0 aliphatic heterocycles. The zero-order valence-corrected chi connectivity index (χ0v) is 10.9. The maximum Gasteiger partial charge on any atom is 0.274 e. The largest absolute Gasteiger partial charge is 0.382 e. The lowest BCUT2D eigenvalue weighted by Gasteiger charge is -2.16. The van der Waals surface area contributed by atoms with Crippen LogP contribution in [0.4, 0.5) is 5.82 Å². The Morgan fingerprint density at radius 3 is 2.74 bits per heavy atom. The molecule has 98 valence electrons. The van der Waals surface area contributed by atoms with Crippen LogP contribution in [0, 0.1) is 6.92 Å². The zero-order chi connectivity index (χ0) is 13.8. The highest BCUT2D eigenvalue weighted by Crippen LogP contribution is 2.06. The highest BCUT2D eigenvalue weighted by Gasteiger charge is 2.14. The summed E-state index contributed by atoms with van der Waals surface area (Å²) in [7, 11) is 1.70. The number of aromatic nitrogens is 3. The number of nitrogen functional groups attached to an aromatic ring is 1. The first-order valence-electron chi connectivity index (χ1n) is 5.82. The predicted octanol–water partition coefficient (Wildman–Crippen LogP) is 1.03. The Bertz CT molecular complexity index is 582. The molecule has 2 heterocycles. The number of anilines is 1. The molecule has 6 heteroatoms. The molecule has 2 rings (SSSR count). The van der Waals surface area contributed by atoms with Gasteiger partial charge in [-0.2, -0.15) is 0 Å². The van der Waals surface area contributed by atoms with Crippen molar-refractivity contribution >= 4 is 11.7 Å². The standard InChI is InChI=1S/C13H15N5O/c1-9-4-3-5-10(17-9)8-18(2)13(19)11-6-16-12(14)7-15-11/h3-7H,8H2,1-2H3,(H2,14,16). The summed E-state index contributed by atoms with van der Waals surface area (Å²) in [5, 5.41) is 0. The molecule has 0 aromatic carbocycles. The second-order valence-electron chi connectivity index (χ2n) is 4.26. The Morgan fingerprint density at radius 1 is 1.32 bits per heavy atom. The van der Waals surface area contributed by atoms with Crippen molar-refractivity contribution in [2.24, 2.45) is 0 Å². The van der Waals surface area contributed by atoms with E-state index in [-0.39, 0.29) is 11.6 Å². The van der Waals surface area contributed by atoms with Crippen molar-refractivity contribution < 1.29 is 4.79 Å². The van der Waals surface area contributed by atoms with Crippen molar-refractivity contribution in [1.82, 2.24) is 19.9 Å². The van der Waals surface area contributed by atoms with Crippen LogP contribution < -0.4 is 5.73 Å². The number of pyridine rings is 1. The fraction of sp³-hybridized carbons (Fsp3) is 0.231. The summed E-state index contributed by atoms with van der Waals surface area (Å²) >= 11 is 0. The van der Waals surface area contributed by atoms with Gasteiger partial charge in [0.1, 0.15) is 11.5 Å². The summed E-state index contributed by atoms with van der Waals surface area (Å²) in [6, 6.07) is 5.71. The number of nitrogens with two attached hydrogens (primary N) is 1. The summed E-state index contributed by atoms with van der Waals surface area (Å²) in [5.74, 6) is 0.0790. The van der Waals surface area contributed by atoms with E-state index in [1.54, 1.807) is 11.9 Å². The summed E-state index contributed by atoms with van der Waals surface area (Å²) in [5.41, 5.74) is 7.46. The number of rotatable bonds is 3. The van der Waals surface area contributed by atoms with Crippen LogP contribution in [0.3, 0.4) is 0 Å². The Balaban J connectivity index is 2.09. The van der Waals surface area contributed by atoms with Crippen LogP contribution >= 0.6 is 0 Å². The van der Waals surface area contributed by atoms with E-state index in [1.807, 2.05) is 25.1 Å². The van der Waals surface area contributed by atoms with E-state index in [9.17, 15) is 4.79 Å². The number of hydrogen-bond acceptors (Lipinski definition) is 5. The normalized spacial score (nSPS) is 10.2. The number of nitrogens with zero attached hydrogens (tertiary/aromatic N) is 4. The first-order chi connectivity index (χ1) is 9.06. The lowest BCUT2D eigenvalue weighted by atomic mass is 10.3. The molecular formula is C13H15N5O. The molecule has 0 fully saturated rings. The van der Waals surface area contributed by atoms with E-state index in [1.165, 1.54) is 12.4 Å². The molecule has 0 saturated heterocycles. The summed E-state index contributed by atoms with van der Waals surface area (Å²) in [4.78, 5) is 25.8. The minimum Gasteiger partial charge on any atom is -0.382 e. The van der Waals surface area contributed by atoms with Gasteiger partial charge in [-0.3, -0.25) is 9.78 Å². The Hall–Kier alpha value is -2.50. The third-order valence-corrected chi connectivity index (χ3v) is 2.58. The summed E-state index contributed by atoms with van der Waals surface area (Å²) in [6.45, 7) is 2.34. The van der Waals surface area contributed by atoms with Crippen LogP contribution in [0.2, 0.25) is 0 Å². The molecule has 0 radical (unpaired) electrons. The molecule has 0 unspecified atom stereocenters. The van der Waals surface area contributed by atoms with E-state index in [4.69, 9.17) is 5.73 Å². The van der Waals surface area contributed by atoms with Crippen molar-refractivity contribution in [3.8, 4) is 0 Å². The van der Waals surface area contributed by atoms with Crippen LogP contribution in [0.15, 0.2) is 30.6 Å². The molecule has 0 aliphatic carbocycles. The smallest absolute Gasteiger partial charge is 0.274 e. The fourth-order valence-electron chi connectivity index (χ4n) is 1.65. The average molecular weight is 257 g/mol. The quantitative estimate of drug-likeness (QED) is 0.887. The van der Waals surface area contributed by atoms with E-state index < -0.39 is 0 Å². The first kappa shape index (κ1) is 12.9. The van der Waals surface area contributed by atoms with Gasteiger partial charge in [0.2, 0.25) is 0 Å². The summed E-state index contributed by atoms with van der Waals surface area (Å²) < 4.78 is 0. The van der Waals surface area contributed by atoms with Gasteiger partial charge >= 0.3 is 0 Å². The third kappa shape index (κ3) is 3.25. The second-order valence-corrected chi connectivity index (χ2v) is 4.26. The van der Waals surface area contributed by atoms with Crippen molar-refractivity contribution in [1.29, 1.82) is 0 Å². The van der Waals surface area contributed by atoms with Gasteiger partial charge in [-0.25, -0.2) is 9.97 Å². The number of aryl methyl sites for hydroxylation is 1. The number of amides is 1. The average Bonchev–Trinajstić information content (AvgIpc) is 2.39. The zero-order valence-electron chi connectivity index (χ0n) is 10.9. The number of hydrogen-bond donors (Lipinski definition) is 1. The maximum absolute atomic E-state index is 12.1. The number of carbonyl (C=O) groups excluding carboxylic acids is 1. The minimum absolute atomic E-state index is 0.212. The Morgan fingerprint density at radius 2 is 2.11 bits per heavy atom. The molecule has 1 amide bonds. The monoisotopic (exact) mass is 257 g/mol. The van der Waals surface area contributed by atoms with Gasteiger partial charge < -0.3 is 10.6 Å². The molecule has 0 bridgehead atoms. The van der Waals surface area contributed by atoms with E-state index in [0.29, 0.717) is 12.4 Å². The SMILES string of the molecule is Cc1cccc(CN(C)C(=O)c2cnc(N)cn2)n1. The second kappa shape index (κ2) is 5.43. The van der Waals surface area contributed by atoms with Gasteiger partial charge in [0.15, 0.2) is 0 Å². The Kier molecular flexibility index (Phi) is 3.70. The molecule has 6 nitrogen and oxygen atoms in total. The molecule has 0 saturated carbocycles. The highest BCUT2D eigenvalue weighted by molar-refractivity contribution is 5.91. The highest BCUT2D eigenvalue weighted by atomic mass is 16.2. The molecule has 0 spiro atoms. The van der Waals surface area contributed by atoms with Crippen molar-refractivity contribution in [2.45, 2.75) is 13.5 Å². The Labute approximate surface area is 111 Å². The first-order valence-corrected chi connectivity index (χ1v) is 5.82. The molecule has 2 N–H and O–H groups in total. The topological polar surface area (TPSA) is 85.0 Å². The minimum atomic E-state index is -0.212. The van der Waals surface area contributed by atoms with Crippen molar-refractivity contribution in [3.63, 3.8) is 0 Å². The van der Waals surface area contributed by atoms with Crippen LogP contribution in [0.5, 0.6) is 0 Å². The van der Waals surface area contributed by atoms with Gasteiger partial charge in [-0.1, -0.05) is 6.07 Å². The van der Waals surface area contributed by atoms with E-state index >= 15 is 0 Å². The van der Waals surface area contributed by atoms with Crippen LogP contribution in [-0.2, 0) is 6.54 Å². The predicted molar refractivity (Wildman–Crippen MR) is 71.2 cm³/mol. The molecule has 19 heavy (non-hydrogen) atoms. The molecule has 0 atom stereocenters. The van der Waals surface area contributed by atoms with Crippen molar-refractivity contribution in [3.05, 3.63) is 47.7 Å².